The molecule has 164 valence electrons. The van der Waals surface area contributed by atoms with Crippen LogP contribution in [0.5, 0.6) is 0 Å². The number of rotatable bonds is 2. The van der Waals surface area contributed by atoms with E-state index in [-0.39, 0.29) is 39.7 Å². The maximum atomic E-state index is 12.6. The van der Waals surface area contributed by atoms with Gasteiger partial charge >= 0.3 is 0 Å². The van der Waals surface area contributed by atoms with Crippen LogP contribution in [0.15, 0.2) is 42.1 Å². The molecule has 0 saturated carbocycles. The standard InChI is InChI=1S/C23H23ClN6O2/c24-20-22(26)28-21(25)19(27-20)17(31)14-16-8-9-23(29-16)10-12-30(13-11-23)18(32)7-6-15-4-2-1-3-5-15/h1-5,14,29H,8-13H2,(H4,25,26,28)/b16-14+. The molecule has 1 spiro atoms. The van der Waals surface area contributed by atoms with Crippen LogP contribution in [0.2, 0.25) is 5.15 Å². The second kappa shape index (κ2) is 8.89. The highest BCUT2D eigenvalue weighted by atomic mass is 35.5. The molecule has 5 N–H and O–H groups in total. The number of allylic oxidation sites excluding steroid dienone is 2. The van der Waals surface area contributed by atoms with E-state index < -0.39 is 0 Å². The van der Waals surface area contributed by atoms with Crippen LogP contribution in [0.1, 0.15) is 41.7 Å². The van der Waals surface area contributed by atoms with Crippen molar-refractivity contribution in [1.29, 1.82) is 0 Å². The van der Waals surface area contributed by atoms with Crippen LogP contribution in [-0.2, 0) is 4.79 Å². The van der Waals surface area contributed by atoms with Gasteiger partial charge in [0.15, 0.2) is 22.5 Å². The lowest BCUT2D eigenvalue weighted by Crippen LogP contribution is -2.51. The van der Waals surface area contributed by atoms with Crippen LogP contribution < -0.4 is 16.8 Å². The third-order valence-corrected chi connectivity index (χ3v) is 6.12. The topological polar surface area (TPSA) is 127 Å². The van der Waals surface area contributed by atoms with Gasteiger partial charge in [-0.25, -0.2) is 9.97 Å². The minimum atomic E-state index is -0.375. The maximum absolute atomic E-state index is 12.6. The Bertz CT molecular complexity index is 1140. The third-order valence-electron chi connectivity index (χ3n) is 5.84. The Morgan fingerprint density at radius 3 is 2.53 bits per heavy atom. The molecule has 1 aromatic heterocycles. The predicted molar refractivity (Wildman–Crippen MR) is 123 cm³/mol. The van der Waals surface area contributed by atoms with E-state index >= 15 is 0 Å². The fraction of sp³-hybridized carbons (Fsp3) is 0.304. The van der Waals surface area contributed by atoms with Gasteiger partial charge in [-0.15, -0.1) is 0 Å². The predicted octanol–water partition coefficient (Wildman–Crippen LogP) is 2.16. The Morgan fingerprint density at radius 1 is 1.09 bits per heavy atom. The molecular weight excluding hydrogens is 428 g/mol. The number of anilines is 2. The van der Waals surface area contributed by atoms with Crippen molar-refractivity contribution < 1.29 is 9.59 Å². The van der Waals surface area contributed by atoms with Crippen molar-refractivity contribution in [2.45, 2.75) is 31.2 Å². The number of benzene rings is 1. The Morgan fingerprint density at radius 2 is 1.81 bits per heavy atom. The Kier molecular flexibility index (Phi) is 6.01. The van der Waals surface area contributed by atoms with Crippen LogP contribution in [0.25, 0.3) is 0 Å². The van der Waals surface area contributed by atoms with E-state index in [2.05, 4.69) is 27.1 Å². The summed E-state index contributed by atoms with van der Waals surface area (Å²) in [5.74, 6) is 5.04. The molecule has 0 radical (unpaired) electrons. The number of halogens is 1. The highest BCUT2D eigenvalue weighted by molar-refractivity contribution is 6.31. The number of hydrogen-bond acceptors (Lipinski definition) is 7. The van der Waals surface area contributed by atoms with Crippen LogP contribution in [0.3, 0.4) is 0 Å². The number of amides is 1. The number of nitrogens with two attached hydrogens (primary N) is 2. The lowest BCUT2D eigenvalue weighted by atomic mass is 9.86. The first kappa shape index (κ1) is 21.7. The molecule has 2 aliphatic rings. The first-order chi connectivity index (χ1) is 15.3. The number of likely N-dealkylation sites (tertiary alicyclic amines) is 1. The number of nitrogen functional groups attached to an aromatic ring is 2. The van der Waals surface area contributed by atoms with Crippen LogP contribution in [0, 0.1) is 11.8 Å². The molecule has 0 atom stereocenters. The largest absolute Gasteiger partial charge is 0.383 e. The van der Waals surface area contributed by atoms with Crippen LogP contribution in [0.4, 0.5) is 11.6 Å². The van der Waals surface area contributed by atoms with E-state index in [4.69, 9.17) is 23.1 Å². The number of nitrogens with zero attached hydrogens (tertiary/aromatic N) is 3. The summed E-state index contributed by atoms with van der Waals surface area (Å²) in [6, 6.07) is 9.45. The number of piperidine rings is 1. The molecular formula is C23H23ClN6O2. The maximum Gasteiger partial charge on any atom is 0.298 e. The van der Waals surface area contributed by atoms with Gasteiger partial charge in [0.2, 0.25) is 5.78 Å². The molecule has 8 nitrogen and oxygen atoms in total. The van der Waals surface area contributed by atoms with Crippen molar-refractivity contribution in [3.63, 3.8) is 0 Å². The van der Waals surface area contributed by atoms with Gasteiger partial charge < -0.3 is 21.7 Å². The average molecular weight is 451 g/mol. The molecule has 3 heterocycles. The van der Waals surface area contributed by atoms with Gasteiger partial charge in [-0.2, -0.15) is 0 Å². The van der Waals surface area contributed by atoms with E-state index in [1.807, 2.05) is 30.3 Å². The Labute approximate surface area is 191 Å². The SMILES string of the molecule is Nc1nc(N)c(C(=O)/C=C2\CCC3(CCN(C(=O)C#Cc4ccccc4)CC3)N2)nc1Cl. The first-order valence-electron chi connectivity index (χ1n) is 10.3. The molecule has 2 saturated heterocycles. The van der Waals surface area contributed by atoms with E-state index in [0.29, 0.717) is 13.1 Å². The molecule has 32 heavy (non-hydrogen) atoms. The van der Waals surface area contributed by atoms with E-state index in [9.17, 15) is 9.59 Å². The van der Waals surface area contributed by atoms with Gasteiger partial charge in [-0.3, -0.25) is 9.59 Å². The smallest absolute Gasteiger partial charge is 0.298 e. The molecule has 0 unspecified atom stereocenters. The highest BCUT2D eigenvalue weighted by Gasteiger charge is 2.39. The molecule has 1 aromatic carbocycles. The normalized spacial score (nSPS) is 18.2. The average Bonchev–Trinajstić information content (AvgIpc) is 3.17. The molecule has 0 aliphatic carbocycles. The number of hydrogen-bond donors (Lipinski definition) is 3. The lowest BCUT2D eigenvalue weighted by Gasteiger charge is -2.39. The van der Waals surface area contributed by atoms with Crippen molar-refractivity contribution in [2.75, 3.05) is 24.6 Å². The molecule has 2 aromatic rings. The molecule has 9 heteroatoms. The van der Waals surface area contributed by atoms with E-state index in [0.717, 1.165) is 36.9 Å². The number of carbonyl (C=O) groups is 2. The number of aromatic nitrogens is 2. The molecule has 0 bridgehead atoms. The quantitative estimate of drug-likeness (QED) is 0.363. The van der Waals surface area contributed by atoms with E-state index in [1.54, 1.807) is 4.90 Å². The zero-order chi connectivity index (χ0) is 22.7. The fourth-order valence-electron chi connectivity index (χ4n) is 4.04. The summed E-state index contributed by atoms with van der Waals surface area (Å²) in [7, 11) is 0. The summed E-state index contributed by atoms with van der Waals surface area (Å²) in [5.41, 5.74) is 12.8. The summed E-state index contributed by atoms with van der Waals surface area (Å²) in [6.07, 6.45) is 4.67. The van der Waals surface area contributed by atoms with Gasteiger partial charge in [0.25, 0.3) is 5.91 Å². The Hall–Kier alpha value is -3.57. The summed E-state index contributed by atoms with van der Waals surface area (Å²) in [6.45, 7) is 1.23. The van der Waals surface area contributed by atoms with Crippen molar-refractivity contribution >= 4 is 34.9 Å². The number of carbonyl (C=O) groups excluding carboxylic acids is 2. The molecule has 2 fully saturated rings. The zero-order valence-electron chi connectivity index (χ0n) is 17.4. The molecule has 1 amide bonds. The van der Waals surface area contributed by atoms with Crippen molar-refractivity contribution in [2.24, 2.45) is 0 Å². The van der Waals surface area contributed by atoms with Gasteiger partial charge in [0.05, 0.1) is 0 Å². The molecule has 2 aliphatic heterocycles. The van der Waals surface area contributed by atoms with Gasteiger partial charge in [0, 0.05) is 41.9 Å². The number of nitrogens with one attached hydrogen (secondary N) is 1. The van der Waals surface area contributed by atoms with Gasteiger partial charge in [-0.05, 0) is 37.8 Å². The minimum absolute atomic E-state index is 0.0129. The number of ketones is 1. The molecule has 4 rings (SSSR count). The van der Waals surface area contributed by atoms with Crippen LogP contribution >= 0.6 is 11.6 Å². The van der Waals surface area contributed by atoms with Gasteiger partial charge in [-0.1, -0.05) is 35.7 Å². The minimum Gasteiger partial charge on any atom is -0.383 e. The summed E-state index contributed by atoms with van der Waals surface area (Å²) in [4.78, 5) is 34.7. The van der Waals surface area contributed by atoms with Crippen molar-refractivity contribution in [1.82, 2.24) is 20.2 Å². The van der Waals surface area contributed by atoms with Crippen molar-refractivity contribution in [3.05, 3.63) is 58.5 Å². The van der Waals surface area contributed by atoms with E-state index in [1.165, 1.54) is 6.08 Å². The monoisotopic (exact) mass is 450 g/mol. The summed E-state index contributed by atoms with van der Waals surface area (Å²) in [5, 5.41) is 3.44. The van der Waals surface area contributed by atoms with Crippen LogP contribution in [-0.4, -0.2) is 45.2 Å². The second-order valence-electron chi connectivity index (χ2n) is 7.98. The summed E-state index contributed by atoms with van der Waals surface area (Å²) >= 11 is 5.88. The van der Waals surface area contributed by atoms with Crippen molar-refractivity contribution in [3.8, 4) is 11.8 Å². The fourth-order valence-corrected chi connectivity index (χ4v) is 4.16. The third kappa shape index (κ3) is 4.68. The lowest BCUT2D eigenvalue weighted by molar-refractivity contribution is -0.126. The highest BCUT2D eigenvalue weighted by Crippen LogP contribution is 2.35. The Balaban J connectivity index is 1.37. The summed E-state index contributed by atoms with van der Waals surface area (Å²) < 4.78 is 0. The van der Waals surface area contributed by atoms with Gasteiger partial charge in [0.1, 0.15) is 0 Å². The second-order valence-corrected chi connectivity index (χ2v) is 8.34. The first-order valence-corrected chi connectivity index (χ1v) is 10.7. The zero-order valence-corrected chi connectivity index (χ0v) is 18.2.